The third-order valence-electron chi connectivity index (χ3n) is 5.48. The number of carbonyl (C=O) groups excluding carboxylic acids is 1. The summed E-state index contributed by atoms with van der Waals surface area (Å²) >= 11 is 0. The van der Waals surface area contributed by atoms with Gasteiger partial charge in [0.1, 0.15) is 17.2 Å². The molecular weight excluding hydrogens is 412 g/mol. The lowest BCUT2D eigenvalue weighted by atomic mass is 9.97. The van der Waals surface area contributed by atoms with E-state index in [-0.39, 0.29) is 0 Å². The predicted molar refractivity (Wildman–Crippen MR) is 135 cm³/mol. The van der Waals surface area contributed by atoms with Crippen LogP contribution in [0.3, 0.4) is 0 Å². The second-order valence-corrected chi connectivity index (χ2v) is 10.1. The molecule has 0 aliphatic carbocycles. The molecule has 3 aromatic rings. The molecule has 0 spiro atoms. The zero-order valence-electron chi connectivity index (χ0n) is 21.1. The molecule has 3 rings (SSSR count). The summed E-state index contributed by atoms with van der Waals surface area (Å²) < 4.78 is 5.47. The standard InChI is InChI=1S/C27H36N4O2/c1-9-22-21-15-19(10-11-23(21)30-25(29-22)18(4)14-17(2)3)20-12-13-28-24(16-20)31(8)26(32)33-27(5,6)7/h10-13,15-18H,9,14H2,1-8H3. The average molecular weight is 449 g/mol. The Bertz CT molecular complexity index is 1130. The molecule has 33 heavy (non-hydrogen) atoms. The number of aryl methyl sites for hydroxylation is 1. The highest BCUT2D eigenvalue weighted by Gasteiger charge is 2.21. The number of anilines is 1. The van der Waals surface area contributed by atoms with E-state index in [1.54, 1.807) is 13.2 Å². The van der Waals surface area contributed by atoms with Crippen LogP contribution in [-0.2, 0) is 11.2 Å². The lowest BCUT2D eigenvalue weighted by Gasteiger charge is -2.24. The topological polar surface area (TPSA) is 68.2 Å². The second-order valence-electron chi connectivity index (χ2n) is 10.1. The Morgan fingerprint density at radius 3 is 2.39 bits per heavy atom. The molecule has 1 atom stereocenters. The van der Waals surface area contributed by atoms with E-state index in [9.17, 15) is 4.79 Å². The van der Waals surface area contributed by atoms with Gasteiger partial charge in [-0.3, -0.25) is 4.90 Å². The molecule has 0 saturated carbocycles. The third-order valence-corrected chi connectivity index (χ3v) is 5.48. The van der Waals surface area contributed by atoms with Gasteiger partial charge in [0, 0.05) is 24.5 Å². The van der Waals surface area contributed by atoms with Gasteiger partial charge < -0.3 is 4.74 Å². The van der Waals surface area contributed by atoms with E-state index >= 15 is 0 Å². The highest BCUT2D eigenvalue weighted by molar-refractivity contribution is 5.89. The number of nitrogens with zero attached hydrogens (tertiary/aromatic N) is 4. The Morgan fingerprint density at radius 2 is 1.76 bits per heavy atom. The number of amides is 1. The minimum Gasteiger partial charge on any atom is -0.443 e. The number of aromatic nitrogens is 3. The number of benzene rings is 1. The van der Waals surface area contributed by atoms with E-state index in [0.29, 0.717) is 17.7 Å². The number of ether oxygens (including phenoxy) is 1. The van der Waals surface area contributed by atoms with Gasteiger partial charge in [0.25, 0.3) is 0 Å². The van der Waals surface area contributed by atoms with Crippen LogP contribution in [0.5, 0.6) is 0 Å². The summed E-state index contributed by atoms with van der Waals surface area (Å²) in [6.45, 7) is 14.3. The van der Waals surface area contributed by atoms with Crippen molar-refractivity contribution in [3.63, 3.8) is 0 Å². The first kappa shape index (κ1) is 24.6. The van der Waals surface area contributed by atoms with Crippen LogP contribution in [-0.4, -0.2) is 33.7 Å². The van der Waals surface area contributed by atoms with Gasteiger partial charge in [-0.15, -0.1) is 0 Å². The molecule has 176 valence electrons. The number of carbonyl (C=O) groups is 1. The smallest absolute Gasteiger partial charge is 0.415 e. The van der Waals surface area contributed by atoms with E-state index in [2.05, 4.69) is 50.9 Å². The van der Waals surface area contributed by atoms with Crippen molar-refractivity contribution in [3.8, 4) is 11.1 Å². The van der Waals surface area contributed by atoms with Gasteiger partial charge in [0.05, 0.1) is 11.2 Å². The maximum Gasteiger partial charge on any atom is 0.415 e. The maximum absolute atomic E-state index is 12.5. The zero-order valence-corrected chi connectivity index (χ0v) is 21.1. The molecule has 6 nitrogen and oxygen atoms in total. The Labute approximate surface area is 197 Å². The molecule has 0 radical (unpaired) electrons. The first-order valence-corrected chi connectivity index (χ1v) is 11.7. The Hall–Kier alpha value is -3.02. The molecule has 1 aromatic carbocycles. The fraction of sp³-hybridized carbons (Fsp3) is 0.481. The molecule has 0 aliphatic heterocycles. The normalized spacial score (nSPS) is 12.8. The number of hydrogen-bond donors (Lipinski definition) is 0. The fourth-order valence-electron chi connectivity index (χ4n) is 3.90. The molecule has 0 saturated heterocycles. The van der Waals surface area contributed by atoms with Crippen molar-refractivity contribution in [1.82, 2.24) is 15.0 Å². The number of pyridine rings is 1. The molecule has 0 N–H and O–H groups in total. The SMILES string of the molecule is CCc1nc(C(C)CC(C)C)nc2ccc(-c3ccnc(N(C)C(=O)OC(C)(C)C)c3)cc12. The maximum atomic E-state index is 12.5. The van der Waals surface area contributed by atoms with Crippen LogP contribution < -0.4 is 4.90 Å². The van der Waals surface area contributed by atoms with E-state index in [4.69, 9.17) is 14.7 Å². The molecule has 0 aliphatic rings. The summed E-state index contributed by atoms with van der Waals surface area (Å²) in [6, 6.07) is 10.1. The molecule has 0 fully saturated rings. The van der Waals surface area contributed by atoms with Crippen LogP contribution in [0, 0.1) is 5.92 Å². The van der Waals surface area contributed by atoms with Gasteiger partial charge in [0.2, 0.25) is 0 Å². The summed E-state index contributed by atoms with van der Waals surface area (Å²) in [6.07, 6.45) is 3.18. The largest absolute Gasteiger partial charge is 0.443 e. The van der Waals surface area contributed by atoms with Crippen LogP contribution >= 0.6 is 0 Å². The number of fused-ring (bicyclic) bond motifs is 1. The van der Waals surface area contributed by atoms with Crippen molar-refractivity contribution in [2.24, 2.45) is 5.92 Å². The first-order chi connectivity index (χ1) is 15.5. The van der Waals surface area contributed by atoms with Gasteiger partial charge in [-0.1, -0.05) is 33.8 Å². The van der Waals surface area contributed by atoms with Crippen LogP contribution in [0.2, 0.25) is 0 Å². The van der Waals surface area contributed by atoms with Crippen molar-refractivity contribution in [3.05, 3.63) is 48.0 Å². The lowest BCUT2D eigenvalue weighted by Crippen LogP contribution is -2.34. The first-order valence-electron chi connectivity index (χ1n) is 11.7. The highest BCUT2D eigenvalue weighted by atomic mass is 16.6. The van der Waals surface area contributed by atoms with Crippen LogP contribution in [0.25, 0.3) is 22.0 Å². The minimum absolute atomic E-state index is 0.325. The van der Waals surface area contributed by atoms with E-state index in [0.717, 1.165) is 46.4 Å². The van der Waals surface area contributed by atoms with E-state index < -0.39 is 11.7 Å². The van der Waals surface area contributed by atoms with Crippen LogP contribution in [0.4, 0.5) is 10.6 Å². The predicted octanol–water partition coefficient (Wildman–Crippen LogP) is 6.78. The monoisotopic (exact) mass is 448 g/mol. The second kappa shape index (κ2) is 9.86. The van der Waals surface area contributed by atoms with Gasteiger partial charge in [-0.25, -0.2) is 19.7 Å². The van der Waals surface area contributed by atoms with Gasteiger partial charge in [0.15, 0.2) is 0 Å². The van der Waals surface area contributed by atoms with Crippen molar-refractivity contribution in [2.45, 2.75) is 72.8 Å². The summed E-state index contributed by atoms with van der Waals surface area (Å²) in [5.74, 6) is 2.38. The lowest BCUT2D eigenvalue weighted by molar-refractivity contribution is 0.0588. The Balaban J connectivity index is 1.96. The van der Waals surface area contributed by atoms with Gasteiger partial charge in [-0.2, -0.15) is 0 Å². The van der Waals surface area contributed by atoms with Crippen LogP contribution in [0.1, 0.15) is 72.3 Å². The minimum atomic E-state index is -0.566. The Morgan fingerprint density at radius 1 is 1.06 bits per heavy atom. The van der Waals surface area contributed by atoms with Crippen molar-refractivity contribution >= 4 is 22.8 Å². The van der Waals surface area contributed by atoms with Gasteiger partial charge >= 0.3 is 6.09 Å². The molecular formula is C27H36N4O2. The third kappa shape index (κ3) is 6.06. The summed E-state index contributed by atoms with van der Waals surface area (Å²) in [5.41, 5.74) is 3.47. The fourth-order valence-corrected chi connectivity index (χ4v) is 3.90. The molecule has 1 amide bonds. The molecule has 0 bridgehead atoms. The molecule has 1 unspecified atom stereocenters. The van der Waals surface area contributed by atoms with E-state index in [1.165, 1.54) is 4.90 Å². The summed E-state index contributed by atoms with van der Waals surface area (Å²) in [7, 11) is 1.67. The molecule has 6 heteroatoms. The van der Waals surface area contributed by atoms with Crippen molar-refractivity contribution in [1.29, 1.82) is 0 Å². The molecule has 2 heterocycles. The quantitative estimate of drug-likeness (QED) is 0.416. The number of hydrogen-bond acceptors (Lipinski definition) is 5. The number of rotatable bonds is 6. The zero-order chi connectivity index (χ0) is 24.3. The van der Waals surface area contributed by atoms with E-state index in [1.807, 2.05) is 32.9 Å². The average Bonchev–Trinajstić information content (AvgIpc) is 2.75. The highest BCUT2D eigenvalue weighted by Crippen LogP contribution is 2.29. The van der Waals surface area contributed by atoms with Crippen molar-refractivity contribution in [2.75, 3.05) is 11.9 Å². The molecule has 2 aromatic heterocycles. The Kier molecular flexibility index (Phi) is 7.35. The summed E-state index contributed by atoms with van der Waals surface area (Å²) in [5, 5.41) is 1.06. The summed E-state index contributed by atoms with van der Waals surface area (Å²) in [4.78, 5) is 28.1. The van der Waals surface area contributed by atoms with Crippen LogP contribution in [0.15, 0.2) is 36.5 Å². The van der Waals surface area contributed by atoms with Gasteiger partial charge in [-0.05, 0) is 74.9 Å². The van der Waals surface area contributed by atoms with Crippen molar-refractivity contribution < 1.29 is 9.53 Å².